The van der Waals surface area contributed by atoms with Crippen LogP contribution in [0.5, 0.6) is 0 Å². The van der Waals surface area contributed by atoms with Gasteiger partial charge in [0.15, 0.2) is 0 Å². The Morgan fingerprint density at radius 2 is 2.14 bits per heavy atom. The summed E-state index contributed by atoms with van der Waals surface area (Å²) in [6.45, 7) is 8.69. The van der Waals surface area contributed by atoms with Crippen LogP contribution in [0.15, 0.2) is 0 Å². The van der Waals surface area contributed by atoms with Gasteiger partial charge in [0.25, 0.3) is 0 Å². The number of hydrogen-bond donors (Lipinski definition) is 1. The summed E-state index contributed by atoms with van der Waals surface area (Å²) in [5, 5.41) is 3.30. The molecule has 1 saturated carbocycles. The molecular formula is C12H24N2. The first-order valence-corrected chi connectivity index (χ1v) is 6.11. The summed E-state index contributed by atoms with van der Waals surface area (Å²) >= 11 is 0. The average Bonchev–Trinajstić information content (AvgIpc) is 2.62. The molecule has 2 nitrogen and oxygen atoms in total. The second-order valence-corrected chi connectivity index (χ2v) is 5.35. The zero-order valence-corrected chi connectivity index (χ0v) is 9.79. The fourth-order valence-corrected chi connectivity index (χ4v) is 3.09. The molecule has 82 valence electrons. The van der Waals surface area contributed by atoms with Gasteiger partial charge in [-0.05, 0) is 50.7 Å². The first-order valence-electron chi connectivity index (χ1n) is 6.11. The third-order valence-electron chi connectivity index (χ3n) is 4.40. The van der Waals surface area contributed by atoms with Crippen molar-refractivity contribution in [2.45, 2.75) is 32.7 Å². The van der Waals surface area contributed by atoms with E-state index in [0.29, 0.717) is 0 Å². The van der Waals surface area contributed by atoms with Crippen LogP contribution in [0.2, 0.25) is 0 Å². The Balaban J connectivity index is 1.79. The minimum Gasteiger partial charge on any atom is -0.319 e. The average molecular weight is 196 g/mol. The van der Waals surface area contributed by atoms with Gasteiger partial charge in [-0.3, -0.25) is 4.90 Å². The molecule has 1 aliphatic heterocycles. The highest BCUT2D eigenvalue weighted by Gasteiger charge is 2.40. The van der Waals surface area contributed by atoms with Crippen LogP contribution in [0.3, 0.4) is 0 Å². The second-order valence-electron chi connectivity index (χ2n) is 5.35. The molecule has 0 aromatic heterocycles. The predicted octanol–water partition coefficient (Wildman–Crippen LogP) is 1.57. The third kappa shape index (κ3) is 1.82. The lowest BCUT2D eigenvalue weighted by Crippen LogP contribution is -2.49. The van der Waals surface area contributed by atoms with Crippen LogP contribution >= 0.6 is 0 Å². The first-order chi connectivity index (χ1) is 6.72. The van der Waals surface area contributed by atoms with Crippen molar-refractivity contribution in [2.75, 3.05) is 26.7 Å². The van der Waals surface area contributed by atoms with E-state index >= 15 is 0 Å². The van der Waals surface area contributed by atoms with E-state index < -0.39 is 0 Å². The molecule has 2 heteroatoms. The van der Waals surface area contributed by atoms with Crippen molar-refractivity contribution in [3.63, 3.8) is 0 Å². The summed E-state index contributed by atoms with van der Waals surface area (Å²) in [5.41, 5.74) is 0. The molecule has 4 atom stereocenters. The molecule has 2 aliphatic rings. The highest BCUT2D eigenvalue weighted by molar-refractivity contribution is 4.94. The molecule has 1 heterocycles. The number of nitrogens with one attached hydrogen (secondary N) is 1. The molecule has 4 unspecified atom stereocenters. The maximum atomic E-state index is 3.30. The van der Waals surface area contributed by atoms with Crippen LogP contribution in [-0.2, 0) is 0 Å². The fourth-order valence-electron chi connectivity index (χ4n) is 3.09. The maximum Gasteiger partial charge on any atom is 0.0126 e. The van der Waals surface area contributed by atoms with Gasteiger partial charge in [0.2, 0.25) is 0 Å². The van der Waals surface area contributed by atoms with Gasteiger partial charge in [0.1, 0.15) is 0 Å². The Hall–Kier alpha value is -0.0800. The highest BCUT2D eigenvalue weighted by Crippen LogP contribution is 2.39. The van der Waals surface area contributed by atoms with E-state index in [1.54, 1.807) is 0 Å². The van der Waals surface area contributed by atoms with E-state index in [1.807, 2.05) is 0 Å². The third-order valence-corrected chi connectivity index (χ3v) is 4.40. The zero-order chi connectivity index (χ0) is 10.1. The van der Waals surface area contributed by atoms with Crippen LogP contribution in [0.1, 0.15) is 26.7 Å². The van der Waals surface area contributed by atoms with Gasteiger partial charge in [-0.2, -0.15) is 0 Å². The van der Waals surface area contributed by atoms with Crippen molar-refractivity contribution < 1.29 is 0 Å². The lowest BCUT2D eigenvalue weighted by Gasteiger charge is -2.46. The normalized spacial score (nSPS) is 43.9. The van der Waals surface area contributed by atoms with Crippen LogP contribution in [0, 0.1) is 17.8 Å². The Morgan fingerprint density at radius 1 is 1.36 bits per heavy atom. The van der Waals surface area contributed by atoms with E-state index in [-0.39, 0.29) is 0 Å². The lowest BCUT2D eigenvalue weighted by molar-refractivity contribution is 0.0364. The van der Waals surface area contributed by atoms with Crippen molar-refractivity contribution in [1.29, 1.82) is 0 Å². The molecule has 2 rings (SSSR count). The second kappa shape index (κ2) is 4.19. The van der Waals surface area contributed by atoms with Crippen molar-refractivity contribution in [3.8, 4) is 0 Å². The van der Waals surface area contributed by atoms with Gasteiger partial charge >= 0.3 is 0 Å². The number of rotatable bonds is 3. The van der Waals surface area contributed by atoms with E-state index in [0.717, 1.165) is 23.8 Å². The summed E-state index contributed by atoms with van der Waals surface area (Å²) in [7, 11) is 2.07. The monoisotopic (exact) mass is 196 g/mol. The minimum absolute atomic E-state index is 0.906. The summed E-state index contributed by atoms with van der Waals surface area (Å²) < 4.78 is 0. The summed E-state index contributed by atoms with van der Waals surface area (Å²) in [5.74, 6) is 2.80. The van der Waals surface area contributed by atoms with E-state index in [9.17, 15) is 0 Å². The molecule has 0 spiro atoms. The number of nitrogens with zero attached hydrogens (tertiary/aromatic N) is 1. The molecule has 0 amide bonds. The Bertz CT molecular complexity index is 193. The SMILES string of the molecule is CNCC1CCN(C2CC(C)C2C)C1. The standard InChI is InChI=1S/C12H24N2/c1-9-6-12(10(9)2)14-5-4-11(8-14)7-13-3/h9-13H,4-8H2,1-3H3. The first kappa shape index (κ1) is 10.4. The van der Waals surface area contributed by atoms with Crippen LogP contribution in [0.25, 0.3) is 0 Å². The highest BCUT2D eigenvalue weighted by atomic mass is 15.2. The predicted molar refractivity (Wildman–Crippen MR) is 60.3 cm³/mol. The molecule has 0 radical (unpaired) electrons. The molecule has 0 aromatic carbocycles. The van der Waals surface area contributed by atoms with Gasteiger partial charge in [0, 0.05) is 12.6 Å². The maximum absolute atomic E-state index is 3.30. The molecule has 1 N–H and O–H groups in total. The van der Waals surface area contributed by atoms with Crippen LogP contribution in [0.4, 0.5) is 0 Å². The van der Waals surface area contributed by atoms with Gasteiger partial charge in [-0.1, -0.05) is 13.8 Å². The van der Waals surface area contributed by atoms with E-state index in [1.165, 1.54) is 32.5 Å². The van der Waals surface area contributed by atoms with Crippen molar-refractivity contribution in [3.05, 3.63) is 0 Å². The molecule has 1 aliphatic carbocycles. The topological polar surface area (TPSA) is 15.3 Å². The Morgan fingerprint density at radius 3 is 2.71 bits per heavy atom. The van der Waals surface area contributed by atoms with Crippen LogP contribution < -0.4 is 5.32 Å². The summed E-state index contributed by atoms with van der Waals surface area (Å²) in [6, 6.07) is 0.909. The molecular weight excluding hydrogens is 172 g/mol. The van der Waals surface area contributed by atoms with Gasteiger partial charge in [-0.25, -0.2) is 0 Å². The smallest absolute Gasteiger partial charge is 0.0126 e. The lowest BCUT2D eigenvalue weighted by atomic mass is 9.71. The zero-order valence-electron chi connectivity index (χ0n) is 9.79. The number of hydrogen-bond acceptors (Lipinski definition) is 2. The van der Waals surface area contributed by atoms with Gasteiger partial charge < -0.3 is 5.32 Å². The number of likely N-dealkylation sites (tertiary alicyclic amines) is 1. The molecule has 2 fully saturated rings. The van der Waals surface area contributed by atoms with Crippen molar-refractivity contribution in [1.82, 2.24) is 10.2 Å². The van der Waals surface area contributed by atoms with Crippen molar-refractivity contribution in [2.24, 2.45) is 17.8 Å². The van der Waals surface area contributed by atoms with Crippen LogP contribution in [-0.4, -0.2) is 37.6 Å². The Labute approximate surface area is 88.1 Å². The minimum atomic E-state index is 0.906. The van der Waals surface area contributed by atoms with Gasteiger partial charge in [-0.15, -0.1) is 0 Å². The molecule has 0 aromatic rings. The molecule has 0 bridgehead atoms. The van der Waals surface area contributed by atoms with E-state index in [2.05, 4.69) is 31.1 Å². The summed E-state index contributed by atoms with van der Waals surface area (Å²) in [6.07, 6.45) is 2.84. The molecule has 14 heavy (non-hydrogen) atoms. The van der Waals surface area contributed by atoms with Crippen molar-refractivity contribution >= 4 is 0 Å². The van der Waals surface area contributed by atoms with E-state index in [4.69, 9.17) is 0 Å². The largest absolute Gasteiger partial charge is 0.319 e. The van der Waals surface area contributed by atoms with Gasteiger partial charge in [0.05, 0.1) is 0 Å². The molecule has 1 saturated heterocycles. The summed E-state index contributed by atoms with van der Waals surface area (Å²) in [4.78, 5) is 2.73. The fraction of sp³-hybridized carbons (Fsp3) is 1.00. The Kier molecular flexibility index (Phi) is 3.13. The quantitative estimate of drug-likeness (QED) is 0.737.